The van der Waals surface area contributed by atoms with E-state index in [4.69, 9.17) is 65.5 Å². The van der Waals surface area contributed by atoms with Crippen LogP contribution in [0.2, 0.25) is 0 Å². The number of nitrogens with zero attached hydrogens (tertiary/aromatic N) is 8. The Morgan fingerprint density at radius 1 is 0.515 bits per heavy atom. The van der Waals surface area contributed by atoms with Crippen LogP contribution >= 0.6 is 26.0 Å². The van der Waals surface area contributed by atoms with Crippen molar-refractivity contribution in [2.45, 2.75) is 119 Å². The van der Waals surface area contributed by atoms with Crippen molar-refractivity contribution in [3.63, 3.8) is 0 Å². The number of nitrogens with one attached hydrogen (secondary N) is 2. The predicted octanol–water partition coefficient (Wildman–Crippen LogP) is 13.1. The number of phosphoric ester groups is 1. The molecule has 526 valence electrons. The van der Waals surface area contributed by atoms with Crippen molar-refractivity contribution in [2.24, 2.45) is 0 Å². The fourth-order valence-corrected chi connectivity index (χ4v) is 17.5. The lowest BCUT2D eigenvalue weighted by Gasteiger charge is -2.37. The van der Waals surface area contributed by atoms with E-state index in [0.29, 0.717) is 44.2 Å². The van der Waals surface area contributed by atoms with Gasteiger partial charge in [-0.2, -0.15) is 0 Å². The van der Waals surface area contributed by atoms with E-state index in [9.17, 15) is 9.59 Å². The maximum Gasteiger partial charge on any atom is 0.476 e. The second kappa shape index (κ2) is 29.7. The molecule has 6 aromatic carbocycles. The molecule has 3 aliphatic heterocycles. The molecule has 101 heavy (non-hydrogen) atoms. The first-order chi connectivity index (χ1) is 48.6. The van der Waals surface area contributed by atoms with Gasteiger partial charge in [-0.05, 0) is 130 Å². The number of phosphoric acid groups is 1. The molecule has 10 atom stereocenters. The number of benzene rings is 6. The number of carbonyl (C=O) groups excluding carboxylic acids is 2. The Morgan fingerprint density at radius 3 is 1.48 bits per heavy atom. The van der Waals surface area contributed by atoms with Gasteiger partial charge in [-0.3, -0.25) is 41.3 Å². The van der Waals surface area contributed by atoms with Gasteiger partial charge in [0.1, 0.15) is 66.4 Å². The molecule has 0 aliphatic carbocycles. The van der Waals surface area contributed by atoms with E-state index < -0.39 is 112 Å². The molecule has 2 amide bonds. The fraction of sp³-hybridized carbons (Fsp3) is 0.324. The van der Waals surface area contributed by atoms with Crippen LogP contribution in [0.1, 0.15) is 91.4 Å². The number of aromatic nitrogens is 8. The van der Waals surface area contributed by atoms with Gasteiger partial charge in [0.25, 0.3) is 18.3 Å². The van der Waals surface area contributed by atoms with Crippen LogP contribution in [0.25, 0.3) is 22.3 Å². The molecular weight excluding hydrogens is 1360 g/mol. The lowest BCUT2D eigenvalue weighted by Crippen LogP contribution is -2.41. The van der Waals surface area contributed by atoms with Gasteiger partial charge in [0.2, 0.25) is 0 Å². The number of carbonyl (C=O) groups is 2. The molecule has 2 unspecified atom stereocenters. The standard InChI is InChI=1S/C71H74N10O17P2S/c1-69(2,3)97-99(84,98-70(4,5)6)95-59-57(96-100(85,101-51-28-20-13-21-29-51)90-39-53-56-58(94-68(88-9)93-56)66(92-53)80-42-76-54-60(72-40-74-62(54)80)78-64(82)44-22-14-10-15-23-44)52(91-67(59)81-43-77-55-61(73-41-75-63(55)81)79-65(83)45-24-16-11-17-25-45)38-89-71(46-26-18-12-19-27-46,47-30-34-49(86-7)35-31-47)48-32-36-50(87-8)37-33-48/h10-37,40-43,52-53,56-59,66-68H,38-39H2,1-9H3,(H,72,74,78,82)(H,73,75,79,83)/t52-,53-,56-,57-,58-,59-,66-,67-,68?,100?/m1/s1. The molecule has 0 bridgehead atoms. The number of hydrogen-bond donors (Lipinski definition) is 2. The summed E-state index contributed by atoms with van der Waals surface area (Å²) in [6, 6.07) is 50.4. The largest absolute Gasteiger partial charge is 0.497 e. The number of fused-ring (bicyclic) bond motifs is 3. The number of imidazole rings is 2. The molecule has 27 nitrogen and oxygen atoms in total. The Morgan fingerprint density at radius 2 is 0.980 bits per heavy atom. The van der Waals surface area contributed by atoms with Gasteiger partial charge in [0, 0.05) is 23.1 Å². The minimum absolute atomic E-state index is 0.0472. The Kier molecular flexibility index (Phi) is 20.8. The normalized spacial score (nSPS) is 21.5. The van der Waals surface area contributed by atoms with Gasteiger partial charge in [-0.1, -0.05) is 109 Å². The number of rotatable bonds is 26. The molecule has 7 heterocycles. The molecule has 0 spiro atoms. The number of methoxy groups -OCH3 is 3. The predicted molar refractivity (Wildman–Crippen MR) is 371 cm³/mol. The van der Waals surface area contributed by atoms with Crippen LogP contribution in [0.3, 0.4) is 0 Å². The van der Waals surface area contributed by atoms with Crippen molar-refractivity contribution in [3.05, 3.63) is 223 Å². The highest BCUT2D eigenvalue weighted by Gasteiger charge is 2.58. The van der Waals surface area contributed by atoms with Crippen LogP contribution in [-0.4, -0.2) is 140 Å². The maximum absolute atomic E-state index is 16.9. The van der Waals surface area contributed by atoms with Crippen molar-refractivity contribution in [1.82, 2.24) is 39.0 Å². The summed E-state index contributed by atoms with van der Waals surface area (Å²) < 4.78 is 121. The molecule has 0 saturated carbocycles. The summed E-state index contributed by atoms with van der Waals surface area (Å²) in [5, 5.41) is 5.71. The lowest BCUT2D eigenvalue weighted by atomic mass is 9.80. The summed E-state index contributed by atoms with van der Waals surface area (Å²) in [5.74, 6) is 0.451. The highest BCUT2D eigenvalue weighted by atomic mass is 32.7. The summed E-state index contributed by atoms with van der Waals surface area (Å²) in [7, 11) is -0.322. The third kappa shape index (κ3) is 15.6. The Labute approximate surface area is 585 Å². The zero-order chi connectivity index (χ0) is 70.7. The average Bonchev–Trinajstić information content (AvgIpc) is 1.71. The van der Waals surface area contributed by atoms with E-state index in [1.165, 1.54) is 37.0 Å². The summed E-state index contributed by atoms with van der Waals surface area (Å²) in [6.45, 7) is 3.20. The van der Waals surface area contributed by atoms with Crippen molar-refractivity contribution >= 4 is 71.8 Å². The second-order valence-electron chi connectivity index (χ2n) is 25.5. The SMILES string of the molecule is COc1ccc(C(OC[C@H]2O[C@@H](n3cnc4c(NC(=O)c5ccccc5)ncnc43)[C@H](OP(=O)(OC(C)(C)C)OC(C)(C)C)[C@@H]2OP(=O)(OC[C@H]2O[C@@H](n3cnc4c(NC(=O)c5ccccc5)ncnc43)[C@@H]3OC(OC)O[C@@H]32)Sc2ccccc2)(c2ccccc2)c2ccc(OC)cc2)cc1. The van der Waals surface area contributed by atoms with E-state index in [1.54, 1.807) is 151 Å². The lowest BCUT2D eigenvalue weighted by molar-refractivity contribution is -0.256. The van der Waals surface area contributed by atoms with Gasteiger partial charge >= 0.3 is 14.6 Å². The van der Waals surface area contributed by atoms with Crippen molar-refractivity contribution in [2.75, 3.05) is 45.2 Å². The average molecular weight is 1430 g/mol. The van der Waals surface area contributed by atoms with E-state index in [1.807, 2.05) is 78.9 Å². The Bertz CT molecular complexity index is 4550. The molecule has 3 fully saturated rings. The third-order valence-corrected chi connectivity index (χ3v) is 22.0. The van der Waals surface area contributed by atoms with Crippen LogP contribution in [0, 0.1) is 0 Å². The van der Waals surface area contributed by atoms with Crippen LogP contribution < -0.4 is 20.1 Å². The maximum atomic E-state index is 16.9. The van der Waals surface area contributed by atoms with E-state index >= 15 is 9.13 Å². The van der Waals surface area contributed by atoms with Crippen LogP contribution in [0.4, 0.5) is 11.6 Å². The number of ether oxygens (including phenoxy) is 8. The smallest absolute Gasteiger partial charge is 0.476 e. The number of amides is 2. The highest BCUT2D eigenvalue weighted by molar-refractivity contribution is 8.55. The van der Waals surface area contributed by atoms with E-state index in [2.05, 4.69) is 35.6 Å². The summed E-state index contributed by atoms with van der Waals surface area (Å²) in [4.78, 5) is 55.1. The highest BCUT2D eigenvalue weighted by Crippen LogP contribution is 2.67. The monoisotopic (exact) mass is 1430 g/mol. The summed E-state index contributed by atoms with van der Waals surface area (Å²) in [6.07, 6.45) is -4.88. The first-order valence-corrected chi connectivity index (χ1v) is 36.6. The third-order valence-electron chi connectivity index (χ3n) is 16.4. The van der Waals surface area contributed by atoms with Gasteiger partial charge in [-0.15, -0.1) is 0 Å². The fourth-order valence-electron chi connectivity index (χ4n) is 12.0. The minimum atomic E-state index is -4.89. The molecule has 3 saturated heterocycles. The molecule has 3 aliphatic rings. The first-order valence-electron chi connectivity index (χ1n) is 32.2. The van der Waals surface area contributed by atoms with Gasteiger partial charge < -0.3 is 48.5 Å². The zero-order valence-corrected chi connectivity index (χ0v) is 59.0. The van der Waals surface area contributed by atoms with Gasteiger partial charge in [0.15, 0.2) is 46.4 Å². The summed E-state index contributed by atoms with van der Waals surface area (Å²) in [5.41, 5.74) is -0.389. The molecule has 13 rings (SSSR count). The molecule has 30 heteroatoms. The molecule has 2 N–H and O–H groups in total. The topological polar surface area (TPSA) is 300 Å². The Balaban J connectivity index is 0.935. The van der Waals surface area contributed by atoms with E-state index in [0.717, 1.165) is 11.4 Å². The van der Waals surface area contributed by atoms with Crippen LogP contribution in [0.15, 0.2) is 200 Å². The van der Waals surface area contributed by atoms with Gasteiger partial charge in [-0.25, -0.2) is 39.0 Å². The first kappa shape index (κ1) is 70.8. The van der Waals surface area contributed by atoms with Crippen molar-refractivity contribution in [1.29, 1.82) is 0 Å². The van der Waals surface area contributed by atoms with Crippen molar-refractivity contribution < 1.29 is 79.2 Å². The number of anilines is 2. The molecule has 4 aromatic heterocycles. The second-order valence-corrected chi connectivity index (χ2v) is 30.9. The van der Waals surface area contributed by atoms with Crippen LogP contribution in [-0.2, 0) is 65.8 Å². The van der Waals surface area contributed by atoms with Gasteiger partial charge in [0.05, 0.1) is 51.3 Å². The minimum Gasteiger partial charge on any atom is -0.497 e. The molecular formula is C71H74N10O17P2S. The van der Waals surface area contributed by atoms with Crippen molar-refractivity contribution in [3.8, 4) is 11.5 Å². The van der Waals surface area contributed by atoms with E-state index in [-0.39, 0.29) is 34.0 Å². The number of hydrogen-bond acceptors (Lipinski definition) is 24. The zero-order valence-electron chi connectivity index (χ0n) is 56.4. The summed E-state index contributed by atoms with van der Waals surface area (Å²) >= 11 is 0.772. The Hall–Kier alpha value is -8.67. The van der Waals surface area contributed by atoms with Crippen LogP contribution in [0.5, 0.6) is 11.5 Å². The molecule has 10 aromatic rings. The quantitative estimate of drug-likeness (QED) is 0.0376. The molecule has 0 radical (unpaired) electrons.